The van der Waals surface area contributed by atoms with Crippen LogP contribution in [-0.4, -0.2) is 0 Å². The first-order valence-corrected chi connectivity index (χ1v) is 4.72. The Morgan fingerprint density at radius 1 is 1.50 bits per heavy atom. The molecule has 0 amide bonds. The lowest BCUT2D eigenvalue weighted by molar-refractivity contribution is 0.606. The first-order valence-electron chi connectivity index (χ1n) is 3.92. The summed E-state index contributed by atoms with van der Waals surface area (Å²) in [5.74, 6) is -0.138. The van der Waals surface area contributed by atoms with Crippen LogP contribution in [0.1, 0.15) is 23.6 Å². The summed E-state index contributed by atoms with van der Waals surface area (Å²) < 4.78 is 13.9. The van der Waals surface area contributed by atoms with Crippen LogP contribution in [0.15, 0.2) is 16.6 Å². The lowest BCUT2D eigenvalue weighted by Gasteiger charge is -2.05. The molecule has 1 aliphatic carbocycles. The molecular formula is C9H9BrFN. The lowest BCUT2D eigenvalue weighted by Crippen LogP contribution is -2.05. The van der Waals surface area contributed by atoms with Gasteiger partial charge in [0.25, 0.3) is 0 Å². The van der Waals surface area contributed by atoms with E-state index >= 15 is 0 Å². The van der Waals surface area contributed by atoms with Crippen LogP contribution in [0.4, 0.5) is 4.39 Å². The van der Waals surface area contributed by atoms with Gasteiger partial charge in [-0.15, -0.1) is 0 Å². The molecule has 0 saturated carbocycles. The van der Waals surface area contributed by atoms with Crippen molar-refractivity contribution >= 4 is 15.9 Å². The van der Waals surface area contributed by atoms with Crippen LogP contribution in [0.3, 0.4) is 0 Å². The smallest absolute Gasteiger partial charge is 0.140 e. The molecule has 1 aromatic rings. The molecule has 0 fully saturated rings. The number of hydrogen-bond acceptors (Lipinski definition) is 1. The van der Waals surface area contributed by atoms with E-state index in [1.54, 1.807) is 6.07 Å². The molecule has 64 valence electrons. The average Bonchev–Trinajstić information content (AvgIpc) is 2.41. The van der Waals surface area contributed by atoms with Crippen LogP contribution in [0, 0.1) is 5.82 Å². The molecule has 0 aliphatic heterocycles. The van der Waals surface area contributed by atoms with E-state index in [0.717, 1.165) is 24.0 Å². The summed E-state index contributed by atoms with van der Waals surface area (Å²) in [7, 11) is 0. The summed E-state index contributed by atoms with van der Waals surface area (Å²) >= 11 is 3.15. The van der Waals surface area contributed by atoms with Crippen molar-refractivity contribution in [3.05, 3.63) is 33.5 Å². The molecule has 1 aromatic carbocycles. The maximum atomic E-state index is 13.4. The minimum atomic E-state index is -0.138. The van der Waals surface area contributed by atoms with Gasteiger partial charge in [-0.3, -0.25) is 0 Å². The van der Waals surface area contributed by atoms with Crippen LogP contribution in [-0.2, 0) is 6.42 Å². The Morgan fingerprint density at radius 2 is 2.25 bits per heavy atom. The highest BCUT2D eigenvalue weighted by Gasteiger charge is 2.22. The third kappa shape index (κ3) is 1.08. The molecule has 0 heterocycles. The molecule has 0 spiro atoms. The molecular weight excluding hydrogens is 221 g/mol. The van der Waals surface area contributed by atoms with Gasteiger partial charge >= 0.3 is 0 Å². The van der Waals surface area contributed by atoms with Gasteiger partial charge in [0, 0.05) is 6.04 Å². The van der Waals surface area contributed by atoms with Crippen LogP contribution >= 0.6 is 15.9 Å². The second-order valence-electron chi connectivity index (χ2n) is 3.07. The van der Waals surface area contributed by atoms with Gasteiger partial charge in [-0.25, -0.2) is 4.39 Å². The fourth-order valence-electron chi connectivity index (χ4n) is 1.66. The van der Waals surface area contributed by atoms with Crippen molar-refractivity contribution in [2.45, 2.75) is 18.9 Å². The van der Waals surface area contributed by atoms with E-state index in [1.165, 1.54) is 0 Å². The van der Waals surface area contributed by atoms with Gasteiger partial charge in [-0.1, -0.05) is 6.07 Å². The topological polar surface area (TPSA) is 26.0 Å². The van der Waals surface area contributed by atoms with Gasteiger partial charge in [0.05, 0.1) is 4.47 Å². The van der Waals surface area contributed by atoms with E-state index in [1.807, 2.05) is 6.07 Å². The first-order chi connectivity index (χ1) is 5.70. The summed E-state index contributed by atoms with van der Waals surface area (Å²) in [5.41, 5.74) is 7.54. The zero-order valence-corrected chi connectivity index (χ0v) is 8.07. The van der Waals surface area contributed by atoms with Crippen molar-refractivity contribution in [1.29, 1.82) is 0 Å². The maximum Gasteiger partial charge on any atom is 0.140 e. The Bertz CT molecular complexity index is 325. The average molecular weight is 230 g/mol. The standard InChI is InChI=1S/C9H9BrFN/c10-7-3-1-5-6(9(7)11)2-4-8(5)12/h1,3,8H,2,4,12H2/t8-/m0/s1. The van der Waals surface area contributed by atoms with Crippen molar-refractivity contribution in [2.24, 2.45) is 5.73 Å². The van der Waals surface area contributed by atoms with Gasteiger partial charge in [0.15, 0.2) is 0 Å². The van der Waals surface area contributed by atoms with Gasteiger partial charge < -0.3 is 5.73 Å². The molecule has 0 bridgehead atoms. The molecule has 3 heteroatoms. The van der Waals surface area contributed by atoms with E-state index in [-0.39, 0.29) is 11.9 Å². The molecule has 12 heavy (non-hydrogen) atoms. The van der Waals surface area contributed by atoms with Crippen LogP contribution in [0.2, 0.25) is 0 Å². The lowest BCUT2D eigenvalue weighted by atomic mass is 10.1. The molecule has 2 rings (SSSR count). The third-order valence-corrected chi connectivity index (χ3v) is 2.95. The highest BCUT2D eigenvalue weighted by atomic mass is 79.9. The second kappa shape index (κ2) is 2.82. The van der Waals surface area contributed by atoms with E-state index in [0.29, 0.717) is 4.47 Å². The minimum absolute atomic E-state index is 0.0302. The van der Waals surface area contributed by atoms with Crippen molar-refractivity contribution < 1.29 is 4.39 Å². The van der Waals surface area contributed by atoms with Gasteiger partial charge in [-0.05, 0) is 46.0 Å². The molecule has 2 N–H and O–H groups in total. The molecule has 0 unspecified atom stereocenters. The quantitative estimate of drug-likeness (QED) is 0.728. The molecule has 0 aromatic heterocycles. The molecule has 1 nitrogen and oxygen atoms in total. The largest absolute Gasteiger partial charge is 0.324 e. The zero-order chi connectivity index (χ0) is 8.72. The second-order valence-corrected chi connectivity index (χ2v) is 3.93. The highest BCUT2D eigenvalue weighted by molar-refractivity contribution is 9.10. The fraction of sp³-hybridized carbons (Fsp3) is 0.333. The molecule has 0 radical (unpaired) electrons. The first kappa shape index (κ1) is 8.20. The van der Waals surface area contributed by atoms with Crippen molar-refractivity contribution in [2.75, 3.05) is 0 Å². The fourth-order valence-corrected chi connectivity index (χ4v) is 2.04. The zero-order valence-electron chi connectivity index (χ0n) is 6.48. The van der Waals surface area contributed by atoms with Gasteiger partial charge in [-0.2, -0.15) is 0 Å². The van der Waals surface area contributed by atoms with E-state index in [9.17, 15) is 4.39 Å². The van der Waals surface area contributed by atoms with Crippen LogP contribution < -0.4 is 5.73 Å². The number of rotatable bonds is 0. The van der Waals surface area contributed by atoms with E-state index in [4.69, 9.17) is 5.73 Å². The Morgan fingerprint density at radius 3 is 3.00 bits per heavy atom. The Kier molecular flexibility index (Phi) is 1.93. The number of nitrogens with two attached hydrogens (primary N) is 1. The monoisotopic (exact) mass is 229 g/mol. The summed E-state index contributed by atoms with van der Waals surface area (Å²) in [6.45, 7) is 0. The summed E-state index contributed by atoms with van der Waals surface area (Å²) in [6, 6.07) is 3.65. The number of hydrogen-bond donors (Lipinski definition) is 1. The SMILES string of the molecule is N[C@H]1CCc2c1ccc(Br)c2F. The highest BCUT2D eigenvalue weighted by Crippen LogP contribution is 2.33. The van der Waals surface area contributed by atoms with Gasteiger partial charge in [0.2, 0.25) is 0 Å². The summed E-state index contributed by atoms with van der Waals surface area (Å²) in [5, 5.41) is 0. The van der Waals surface area contributed by atoms with Crippen LogP contribution in [0.5, 0.6) is 0 Å². The van der Waals surface area contributed by atoms with E-state index < -0.39 is 0 Å². The van der Waals surface area contributed by atoms with Crippen molar-refractivity contribution in [1.82, 2.24) is 0 Å². The molecule has 1 atom stereocenters. The molecule has 1 aliphatic rings. The number of halogens is 2. The summed E-state index contributed by atoms with van der Waals surface area (Å²) in [4.78, 5) is 0. The maximum absolute atomic E-state index is 13.4. The minimum Gasteiger partial charge on any atom is -0.324 e. The summed E-state index contributed by atoms with van der Waals surface area (Å²) in [6.07, 6.45) is 1.63. The van der Waals surface area contributed by atoms with Crippen molar-refractivity contribution in [3.63, 3.8) is 0 Å². The predicted molar refractivity (Wildman–Crippen MR) is 49.3 cm³/mol. The normalized spacial score (nSPS) is 21.1. The molecule has 0 saturated heterocycles. The van der Waals surface area contributed by atoms with Crippen molar-refractivity contribution in [3.8, 4) is 0 Å². The Labute approximate surface area is 78.9 Å². The Hall–Kier alpha value is -0.410. The predicted octanol–water partition coefficient (Wildman–Crippen LogP) is 2.53. The van der Waals surface area contributed by atoms with E-state index in [2.05, 4.69) is 15.9 Å². The third-order valence-electron chi connectivity index (χ3n) is 2.34. The number of benzene rings is 1. The number of fused-ring (bicyclic) bond motifs is 1. The van der Waals surface area contributed by atoms with Gasteiger partial charge in [0.1, 0.15) is 5.82 Å². The Balaban J connectivity index is 2.60. The van der Waals surface area contributed by atoms with Crippen LogP contribution in [0.25, 0.3) is 0 Å².